The quantitative estimate of drug-likeness (QED) is 0.460. The van der Waals surface area contributed by atoms with E-state index in [0.29, 0.717) is 5.88 Å². The number of benzene rings is 1. The molecule has 1 nitrogen and oxygen atoms in total. The lowest BCUT2D eigenvalue weighted by Gasteiger charge is -2.06. The number of epoxide rings is 1. The lowest BCUT2D eigenvalue weighted by molar-refractivity contribution is 0.351. The Morgan fingerprint density at radius 1 is 1.36 bits per heavy atom. The maximum absolute atomic E-state index is 5.79. The van der Waals surface area contributed by atoms with E-state index in [2.05, 4.69) is 0 Å². The molecule has 1 fully saturated rings. The van der Waals surface area contributed by atoms with Crippen LogP contribution >= 0.6 is 35.0 Å². The summed E-state index contributed by atoms with van der Waals surface area (Å²) in [5.74, 6) is 1.49. The summed E-state index contributed by atoms with van der Waals surface area (Å²) in [6.07, 6.45) is 0. The number of ether oxygens (including phenoxy) is 1. The highest BCUT2D eigenvalue weighted by Gasteiger charge is 2.43. The van der Waals surface area contributed by atoms with Gasteiger partial charge in [0.05, 0.1) is 12.5 Å². The van der Waals surface area contributed by atoms with Gasteiger partial charge in [0.15, 0.2) is 0 Å². The minimum atomic E-state index is -0.0636. The molecule has 76 valence electrons. The summed E-state index contributed by atoms with van der Waals surface area (Å²) < 4.78 is 5.31. The van der Waals surface area contributed by atoms with Crippen LogP contribution in [-0.4, -0.2) is 23.8 Å². The largest absolute Gasteiger partial charge is 0.367 e. The first-order valence-electron chi connectivity index (χ1n) is 4.32. The van der Waals surface area contributed by atoms with Crippen LogP contribution in [-0.2, 0) is 4.74 Å². The van der Waals surface area contributed by atoms with E-state index >= 15 is 0 Å². The molecule has 1 aliphatic rings. The van der Waals surface area contributed by atoms with Gasteiger partial charge in [-0.05, 0) is 24.3 Å². The SMILES string of the molecule is ClCC1(CSc2ccc(Cl)cc2)CO1. The van der Waals surface area contributed by atoms with Crippen LogP contribution < -0.4 is 0 Å². The van der Waals surface area contributed by atoms with Crippen molar-refractivity contribution in [3.8, 4) is 0 Å². The highest BCUT2D eigenvalue weighted by Crippen LogP contribution is 2.35. The topological polar surface area (TPSA) is 12.5 Å². The molecular formula is C10H10Cl2OS. The van der Waals surface area contributed by atoms with Crippen LogP contribution in [0.4, 0.5) is 0 Å². The molecule has 0 N–H and O–H groups in total. The van der Waals surface area contributed by atoms with Crippen LogP contribution in [0.15, 0.2) is 29.2 Å². The Kier molecular flexibility index (Phi) is 3.27. The van der Waals surface area contributed by atoms with Gasteiger partial charge in [0.1, 0.15) is 5.60 Å². The molecule has 0 amide bonds. The van der Waals surface area contributed by atoms with E-state index in [1.165, 1.54) is 4.90 Å². The Labute approximate surface area is 97.7 Å². The van der Waals surface area contributed by atoms with Gasteiger partial charge in [-0.15, -0.1) is 23.4 Å². The fraction of sp³-hybridized carbons (Fsp3) is 0.400. The van der Waals surface area contributed by atoms with Gasteiger partial charge in [-0.3, -0.25) is 0 Å². The summed E-state index contributed by atoms with van der Waals surface area (Å²) >= 11 is 13.3. The van der Waals surface area contributed by atoms with E-state index in [4.69, 9.17) is 27.9 Å². The summed E-state index contributed by atoms with van der Waals surface area (Å²) in [5.41, 5.74) is -0.0636. The fourth-order valence-corrected chi connectivity index (χ4v) is 2.56. The second kappa shape index (κ2) is 4.31. The average Bonchev–Trinajstić information content (AvgIpc) is 2.98. The van der Waals surface area contributed by atoms with Crippen molar-refractivity contribution in [1.82, 2.24) is 0 Å². The number of hydrogen-bond donors (Lipinski definition) is 0. The molecule has 0 aliphatic carbocycles. The van der Waals surface area contributed by atoms with Gasteiger partial charge >= 0.3 is 0 Å². The second-order valence-corrected chi connectivity index (χ2v) is 5.10. The summed E-state index contributed by atoms with van der Waals surface area (Å²) in [5, 5.41) is 0.768. The summed E-state index contributed by atoms with van der Waals surface area (Å²) in [6.45, 7) is 0.789. The minimum absolute atomic E-state index is 0.0636. The Balaban J connectivity index is 1.89. The first kappa shape index (κ1) is 10.6. The van der Waals surface area contributed by atoms with Crippen LogP contribution in [0.25, 0.3) is 0 Å². The summed E-state index contributed by atoms with van der Waals surface area (Å²) in [7, 11) is 0. The molecule has 0 radical (unpaired) electrons. The molecule has 0 spiro atoms. The highest BCUT2D eigenvalue weighted by atomic mass is 35.5. The average molecular weight is 249 g/mol. The highest BCUT2D eigenvalue weighted by molar-refractivity contribution is 7.99. The molecule has 0 aromatic heterocycles. The second-order valence-electron chi connectivity index (χ2n) is 3.35. The van der Waals surface area contributed by atoms with E-state index in [-0.39, 0.29) is 5.60 Å². The predicted octanol–water partition coefficient (Wildman–Crippen LogP) is 3.44. The van der Waals surface area contributed by atoms with Crippen LogP contribution in [0.2, 0.25) is 5.02 Å². The molecule has 0 saturated carbocycles. The van der Waals surface area contributed by atoms with Crippen molar-refractivity contribution in [1.29, 1.82) is 0 Å². The first-order valence-corrected chi connectivity index (χ1v) is 6.22. The van der Waals surface area contributed by atoms with Crippen LogP contribution in [0.1, 0.15) is 0 Å². The molecule has 1 heterocycles. The first-order chi connectivity index (χ1) is 6.74. The molecule has 2 rings (SSSR count). The summed E-state index contributed by atoms with van der Waals surface area (Å²) in [4.78, 5) is 1.20. The van der Waals surface area contributed by atoms with Crippen molar-refractivity contribution in [3.63, 3.8) is 0 Å². The van der Waals surface area contributed by atoms with Crippen molar-refractivity contribution in [2.75, 3.05) is 18.2 Å². The van der Waals surface area contributed by atoms with Crippen molar-refractivity contribution in [2.24, 2.45) is 0 Å². The Bertz CT molecular complexity index is 308. The summed E-state index contributed by atoms with van der Waals surface area (Å²) in [6, 6.07) is 7.81. The molecule has 1 unspecified atom stereocenters. The van der Waals surface area contributed by atoms with Crippen LogP contribution in [0.3, 0.4) is 0 Å². The zero-order chi connectivity index (χ0) is 10.0. The van der Waals surface area contributed by atoms with E-state index in [9.17, 15) is 0 Å². The Hall–Kier alpha value is 0.110. The minimum Gasteiger partial charge on any atom is -0.367 e. The normalized spacial score (nSPS) is 25.0. The number of halogens is 2. The number of rotatable bonds is 4. The fourth-order valence-electron chi connectivity index (χ4n) is 1.05. The van der Waals surface area contributed by atoms with Crippen LogP contribution in [0, 0.1) is 0 Å². The molecule has 1 saturated heterocycles. The van der Waals surface area contributed by atoms with Gasteiger partial charge in [0.25, 0.3) is 0 Å². The molecule has 14 heavy (non-hydrogen) atoms. The zero-order valence-electron chi connectivity index (χ0n) is 7.50. The molecule has 0 bridgehead atoms. The third-order valence-corrected chi connectivity index (χ3v) is 4.13. The van der Waals surface area contributed by atoms with Crippen LogP contribution in [0.5, 0.6) is 0 Å². The van der Waals surface area contributed by atoms with E-state index in [1.54, 1.807) is 11.8 Å². The smallest absolute Gasteiger partial charge is 0.114 e. The van der Waals surface area contributed by atoms with Crippen molar-refractivity contribution in [3.05, 3.63) is 29.3 Å². The van der Waals surface area contributed by atoms with Gasteiger partial charge in [0, 0.05) is 15.7 Å². The molecule has 1 atom stereocenters. The monoisotopic (exact) mass is 248 g/mol. The van der Waals surface area contributed by atoms with Gasteiger partial charge < -0.3 is 4.74 Å². The van der Waals surface area contributed by atoms with E-state index in [1.807, 2.05) is 24.3 Å². The molecular weight excluding hydrogens is 239 g/mol. The molecule has 1 aromatic rings. The van der Waals surface area contributed by atoms with Gasteiger partial charge in [0.2, 0.25) is 0 Å². The van der Waals surface area contributed by atoms with E-state index in [0.717, 1.165) is 17.4 Å². The zero-order valence-corrected chi connectivity index (χ0v) is 9.83. The Morgan fingerprint density at radius 3 is 2.50 bits per heavy atom. The van der Waals surface area contributed by atoms with E-state index < -0.39 is 0 Å². The lowest BCUT2D eigenvalue weighted by atomic mass is 10.2. The van der Waals surface area contributed by atoms with Gasteiger partial charge in [-0.1, -0.05) is 11.6 Å². The molecule has 1 aromatic carbocycles. The van der Waals surface area contributed by atoms with Crippen molar-refractivity contribution < 1.29 is 4.74 Å². The third kappa shape index (κ3) is 2.57. The Morgan fingerprint density at radius 2 is 2.00 bits per heavy atom. The van der Waals surface area contributed by atoms with Gasteiger partial charge in [-0.2, -0.15) is 0 Å². The predicted molar refractivity (Wildman–Crippen MR) is 61.6 cm³/mol. The molecule has 1 aliphatic heterocycles. The lowest BCUT2D eigenvalue weighted by Crippen LogP contribution is -2.16. The maximum Gasteiger partial charge on any atom is 0.114 e. The number of hydrogen-bond acceptors (Lipinski definition) is 2. The number of alkyl halides is 1. The van der Waals surface area contributed by atoms with Crippen molar-refractivity contribution >= 4 is 35.0 Å². The third-order valence-electron chi connectivity index (χ3n) is 2.11. The number of thioether (sulfide) groups is 1. The van der Waals surface area contributed by atoms with Gasteiger partial charge in [-0.25, -0.2) is 0 Å². The maximum atomic E-state index is 5.79. The molecule has 4 heteroatoms. The standard InChI is InChI=1S/C10H10Cl2OS/c11-5-10(6-13-10)7-14-9-3-1-8(12)2-4-9/h1-4H,5-7H2. The van der Waals surface area contributed by atoms with Crippen molar-refractivity contribution in [2.45, 2.75) is 10.5 Å².